The van der Waals surface area contributed by atoms with Gasteiger partial charge < -0.3 is 5.73 Å². The number of nitrogens with two attached hydrogens (primary N) is 1. The first-order valence-corrected chi connectivity index (χ1v) is 4.48. The summed E-state index contributed by atoms with van der Waals surface area (Å²) < 4.78 is 14.5. The Bertz CT molecular complexity index is 529. The van der Waals surface area contributed by atoms with Crippen molar-refractivity contribution >= 4 is 0 Å². The number of benzene rings is 1. The molecule has 0 saturated heterocycles. The van der Waals surface area contributed by atoms with Gasteiger partial charge in [0.2, 0.25) is 0 Å². The lowest BCUT2D eigenvalue weighted by molar-refractivity contribution is 0.608. The van der Waals surface area contributed by atoms with Gasteiger partial charge in [-0.25, -0.2) is 9.07 Å². The second-order valence-corrected chi connectivity index (χ2v) is 3.09. The zero-order valence-corrected chi connectivity index (χ0v) is 7.90. The molecule has 0 bridgehead atoms. The van der Waals surface area contributed by atoms with Crippen LogP contribution in [-0.4, -0.2) is 9.78 Å². The first-order valence-electron chi connectivity index (χ1n) is 4.48. The third kappa shape index (κ3) is 1.57. The highest BCUT2D eigenvalue weighted by Gasteiger charge is 2.09. The van der Waals surface area contributed by atoms with Crippen molar-refractivity contribution in [3.8, 4) is 5.69 Å². The lowest BCUT2D eigenvalue weighted by atomic mass is 10.3. The van der Waals surface area contributed by atoms with E-state index in [4.69, 9.17) is 5.73 Å². The Labute approximate surface area is 85.1 Å². The topological polar surface area (TPSA) is 63.8 Å². The van der Waals surface area contributed by atoms with Crippen LogP contribution in [0.4, 0.5) is 4.39 Å². The van der Waals surface area contributed by atoms with Gasteiger partial charge in [0, 0.05) is 12.7 Å². The van der Waals surface area contributed by atoms with Crippen molar-refractivity contribution in [1.82, 2.24) is 9.78 Å². The van der Waals surface area contributed by atoms with Crippen molar-refractivity contribution < 1.29 is 4.39 Å². The zero-order chi connectivity index (χ0) is 10.8. The summed E-state index contributed by atoms with van der Waals surface area (Å²) in [6, 6.07) is 6.04. The van der Waals surface area contributed by atoms with Crippen LogP contribution in [-0.2, 0) is 6.54 Å². The summed E-state index contributed by atoms with van der Waals surface area (Å²) in [5.74, 6) is -0.454. The lowest BCUT2D eigenvalue weighted by Gasteiger charge is -2.01. The Hall–Kier alpha value is -1.88. The smallest absolute Gasteiger partial charge is 0.275 e. The minimum Gasteiger partial charge on any atom is -0.326 e. The van der Waals surface area contributed by atoms with E-state index in [0.29, 0.717) is 5.56 Å². The van der Waals surface area contributed by atoms with E-state index in [1.54, 1.807) is 12.1 Å². The van der Waals surface area contributed by atoms with E-state index >= 15 is 0 Å². The fourth-order valence-electron chi connectivity index (χ4n) is 1.36. The molecule has 2 aromatic rings. The predicted octanol–water partition coefficient (Wildman–Crippen LogP) is 0.763. The van der Waals surface area contributed by atoms with Gasteiger partial charge in [0.25, 0.3) is 5.56 Å². The second kappa shape index (κ2) is 3.70. The van der Waals surface area contributed by atoms with Gasteiger partial charge in [0.15, 0.2) is 0 Å². The highest BCUT2D eigenvalue weighted by molar-refractivity contribution is 5.32. The zero-order valence-electron chi connectivity index (χ0n) is 7.90. The van der Waals surface area contributed by atoms with Crippen LogP contribution in [0.3, 0.4) is 0 Å². The summed E-state index contributed by atoms with van der Waals surface area (Å²) in [5.41, 5.74) is 5.66. The molecule has 0 spiro atoms. The minimum absolute atomic E-state index is 0.136. The van der Waals surface area contributed by atoms with Crippen LogP contribution in [0.5, 0.6) is 0 Å². The number of aromatic amines is 1. The Kier molecular flexibility index (Phi) is 2.39. The summed E-state index contributed by atoms with van der Waals surface area (Å²) in [4.78, 5) is 11.6. The summed E-state index contributed by atoms with van der Waals surface area (Å²) in [6.07, 6.45) is 1.48. The number of hydrogen-bond donors (Lipinski definition) is 2. The monoisotopic (exact) mass is 207 g/mol. The second-order valence-electron chi connectivity index (χ2n) is 3.09. The molecule has 2 rings (SSSR count). The third-order valence-electron chi connectivity index (χ3n) is 2.16. The Morgan fingerprint density at radius 3 is 2.73 bits per heavy atom. The van der Waals surface area contributed by atoms with Crippen LogP contribution in [0, 0.1) is 5.82 Å². The van der Waals surface area contributed by atoms with Crippen molar-refractivity contribution in [2.75, 3.05) is 0 Å². The van der Waals surface area contributed by atoms with Crippen molar-refractivity contribution in [3.05, 3.63) is 52.2 Å². The first-order chi connectivity index (χ1) is 7.24. The maximum Gasteiger partial charge on any atom is 0.275 e. The van der Waals surface area contributed by atoms with Gasteiger partial charge >= 0.3 is 0 Å². The maximum atomic E-state index is 13.4. The van der Waals surface area contributed by atoms with Gasteiger partial charge in [-0.2, -0.15) is 0 Å². The molecule has 0 radical (unpaired) electrons. The Morgan fingerprint density at radius 1 is 1.40 bits per heavy atom. The van der Waals surface area contributed by atoms with Crippen LogP contribution in [0.2, 0.25) is 0 Å². The fraction of sp³-hybridized carbons (Fsp3) is 0.100. The average molecular weight is 207 g/mol. The van der Waals surface area contributed by atoms with Crippen molar-refractivity contribution in [1.29, 1.82) is 0 Å². The molecule has 0 atom stereocenters. The average Bonchev–Trinajstić information content (AvgIpc) is 2.60. The minimum atomic E-state index is -0.454. The van der Waals surface area contributed by atoms with Crippen LogP contribution in [0.1, 0.15) is 5.56 Å². The van der Waals surface area contributed by atoms with E-state index in [1.807, 2.05) is 0 Å². The number of nitrogens with one attached hydrogen (secondary N) is 1. The molecule has 0 fully saturated rings. The number of H-pyrrole nitrogens is 1. The maximum absolute atomic E-state index is 13.4. The normalized spacial score (nSPS) is 10.5. The molecular formula is C10H10FN3O. The summed E-state index contributed by atoms with van der Waals surface area (Å²) >= 11 is 0. The molecule has 1 aromatic heterocycles. The molecule has 0 unspecified atom stereocenters. The quantitative estimate of drug-likeness (QED) is 0.763. The van der Waals surface area contributed by atoms with E-state index in [9.17, 15) is 9.18 Å². The molecule has 78 valence electrons. The number of rotatable bonds is 2. The number of para-hydroxylation sites is 1. The highest BCUT2D eigenvalue weighted by atomic mass is 19.1. The van der Waals surface area contributed by atoms with E-state index in [0.717, 1.165) is 4.68 Å². The molecular weight excluding hydrogens is 197 g/mol. The Balaban J connectivity index is 2.60. The van der Waals surface area contributed by atoms with Crippen molar-refractivity contribution in [3.63, 3.8) is 0 Å². The number of nitrogens with zero attached hydrogens (tertiary/aromatic N) is 1. The fourth-order valence-corrected chi connectivity index (χ4v) is 1.36. The molecule has 5 heteroatoms. The van der Waals surface area contributed by atoms with Gasteiger partial charge in [-0.3, -0.25) is 9.89 Å². The molecule has 15 heavy (non-hydrogen) atoms. The number of halogens is 1. The van der Waals surface area contributed by atoms with Gasteiger partial charge in [0.05, 0.1) is 5.56 Å². The summed E-state index contributed by atoms with van der Waals surface area (Å²) in [7, 11) is 0. The van der Waals surface area contributed by atoms with Crippen LogP contribution >= 0.6 is 0 Å². The standard InChI is InChI=1S/C10H10FN3O/c11-8-3-1-2-4-9(8)14-10(15)7(5-12)6-13-14/h1-4,6,13H,5,12H2. The molecule has 4 nitrogen and oxygen atoms in total. The molecule has 0 aliphatic rings. The molecule has 1 heterocycles. The predicted molar refractivity (Wildman–Crippen MR) is 54.2 cm³/mol. The van der Waals surface area contributed by atoms with Gasteiger partial charge in [0.1, 0.15) is 11.5 Å². The number of aromatic nitrogens is 2. The molecule has 1 aromatic carbocycles. The lowest BCUT2D eigenvalue weighted by Crippen LogP contribution is -2.19. The SMILES string of the molecule is NCc1c[nH]n(-c2ccccc2F)c1=O. The van der Waals surface area contributed by atoms with Gasteiger partial charge in [-0.15, -0.1) is 0 Å². The van der Waals surface area contributed by atoms with Crippen LogP contribution in [0.25, 0.3) is 5.69 Å². The molecule has 0 amide bonds. The molecule has 0 aliphatic carbocycles. The van der Waals surface area contributed by atoms with E-state index in [2.05, 4.69) is 5.10 Å². The van der Waals surface area contributed by atoms with E-state index in [-0.39, 0.29) is 17.8 Å². The van der Waals surface area contributed by atoms with Crippen LogP contribution in [0.15, 0.2) is 35.3 Å². The third-order valence-corrected chi connectivity index (χ3v) is 2.16. The van der Waals surface area contributed by atoms with Crippen molar-refractivity contribution in [2.45, 2.75) is 6.54 Å². The summed E-state index contributed by atoms with van der Waals surface area (Å²) in [6.45, 7) is 0.136. The first kappa shape index (κ1) is 9.67. The van der Waals surface area contributed by atoms with Gasteiger partial charge in [-0.05, 0) is 12.1 Å². The highest BCUT2D eigenvalue weighted by Crippen LogP contribution is 2.09. The van der Waals surface area contributed by atoms with Crippen LogP contribution < -0.4 is 11.3 Å². The van der Waals surface area contributed by atoms with E-state index in [1.165, 1.54) is 18.3 Å². The molecule has 0 saturated carbocycles. The molecule has 3 N–H and O–H groups in total. The largest absolute Gasteiger partial charge is 0.326 e. The summed E-state index contributed by atoms with van der Waals surface area (Å²) in [5, 5.41) is 2.67. The van der Waals surface area contributed by atoms with Gasteiger partial charge in [-0.1, -0.05) is 12.1 Å². The number of hydrogen-bond acceptors (Lipinski definition) is 2. The van der Waals surface area contributed by atoms with Crippen molar-refractivity contribution in [2.24, 2.45) is 5.73 Å². The van der Waals surface area contributed by atoms with E-state index < -0.39 is 5.82 Å². The Morgan fingerprint density at radius 2 is 2.13 bits per heavy atom. The molecule has 0 aliphatic heterocycles.